The van der Waals surface area contributed by atoms with Crippen molar-refractivity contribution in [3.8, 4) is 17.0 Å². The van der Waals surface area contributed by atoms with E-state index in [0.717, 1.165) is 49.5 Å². The van der Waals surface area contributed by atoms with Crippen LogP contribution < -0.4 is 4.74 Å². The molecule has 1 amide bonds. The summed E-state index contributed by atoms with van der Waals surface area (Å²) < 4.78 is 9.06. The quantitative estimate of drug-likeness (QED) is 0.499. The van der Waals surface area contributed by atoms with Crippen LogP contribution in [0.25, 0.3) is 16.9 Å². The average Bonchev–Trinajstić information content (AvgIpc) is 3.48. The highest BCUT2D eigenvalue weighted by atomic mass is 16.5. The lowest BCUT2D eigenvalue weighted by atomic mass is 9.97. The number of aromatic nitrogens is 5. The fourth-order valence-electron chi connectivity index (χ4n) is 4.28. The minimum absolute atomic E-state index is 0.00953. The number of carbonyl (C=O) groups excluding carboxylic acids is 1. The summed E-state index contributed by atoms with van der Waals surface area (Å²) >= 11 is 0. The van der Waals surface area contributed by atoms with Crippen LogP contribution in [0.3, 0.4) is 0 Å². The molecule has 0 radical (unpaired) electrons. The van der Waals surface area contributed by atoms with E-state index in [0.29, 0.717) is 17.1 Å². The minimum Gasteiger partial charge on any atom is -0.497 e. The zero-order valence-corrected chi connectivity index (χ0v) is 17.4. The molecule has 1 aromatic carbocycles. The van der Waals surface area contributed by atoms with E-state index in [1.807, 2.05) is 47.8 Å². The normalized spacial score (nSPS) is 16.5. The van der Waals surface area contributed by atoms with Crippen LogP contribution in [0.15, 0.2) is 61.4 Å². The van der Waals surface area contributed by atoms with Crippen LogP contribution in [0.2, 0.25) is 0 Å². The maximum Gasteiger partial charge on any atom is 0.259 e. The molecule has 1 atom stereocenters. The Morgan fingerprint density at radius 3 is 2.84 bits per heavy atom. The number of hydrogen-bond donors (Lipinski definition) is 0. The number of ether oxygens (including phenoxy) is 1. The number of piperidine rings is 1. The van der Waals surface area contributed by atoms with Crippen molar-refractivity contribution < 1.29 is 9.53 Å². The molecular formula is C23H24N6O2. The first-order chi connectivity index (χ1) is 15.2. The van der Waals surface area contributed by atoms with Crippen LogP contribution in [-0.4, -0.2) is 55.2 Å². The highest BCUT2D eigenvalue weighted by Crippen LogP contribution is 2.25. The average molecular weight is 416 g/mol. The van der Waals surface area contributed by atoms with Crippen LogP contribution in [0.4, 0.5) is 0 Å². The Morgan fingerprint density at radius 1 is 1.19 bits per heavy atom. The van der Waals surface area contributed by atoms with Gasteiger partial charge in [0.05, 0.1) is 25.3 Å². The summed E-state index contributed by atoms with van der Waals surface area (Å²) in [4.78, 5) is 23.9. The zero-order chi connectivity index (χ0) is 21.2. The van der Waals surface area contributed by atoms with Gasteiger partial charge < -0.3 is 14.2 Å². The Kier molecular flexibility index (Phi) is 5.11. The van der Waals surface area contributed by atoms with E-state index in [4.69, 9.17) is 4.74 Å². The monoisotopic (exact) mass is 416 g/mol. The van der Waals surface area contributed by atoms with E-state index in [9.17, 15) is 4.79 Å². The summed E-state index contributed by atoms with van der Waals surface area (Å²) in [5, 5.41) is 4.50. The fourth-order valence-corrected chi connectivity index (χ4v) is 4.28. The molecule has 4 aromatic rings. The number of hydrogen-bond acceptors (Lipinski definition) is 5. The van der Waals surface area contributed by atoms with Gasteiger partial charge in [-0.25, -0.2) is 14.5 Å². The smallest absolute Gasteiger partial charge is 0.259 e. The topological polar surface area (TPSA) is 77.5 Å². The number of rotatable bonds is 5. The molecule has 8 heteroatoms. The molecule has 8 nitrogen and oxygen atoms in total. The van der Waals surface area contributed by atoms with Crippen molar-refractivity contribution in [1.29, 1.82) is 0 Å². The molecule has 0 N–H and O–H groups in total. The van der Waals surface area contributed by atoms with E-state index in [-0.39, 0.29) is 5.91 Å². The lowest BCUT2D eigenvalue weighted by molar-refractivity contribution is 0.0664. The first-order valence-corrected chi connectivity index (χ1v) is 10.4. The molecule has 3 aromatic heterocycles. The van der Waals surface area contributed by atoms with Gasteiger partial charge in [-0.2, -0.15) is 5.10 Å². The lowest BCUT2D eigenvalue weighted by Crippen LogP contribution is -2.41. The standard InChI is InChI=1S/C23H24N6O2/c1-31-19-6-4-18(5-7-19)21-8-9-25-22-20(13-26-29(21)22)23(30)28-11-2-3-17(15-28)14-27-12-10-24-16-27/h4-10,12-13,16-17H,2-3,11,14-15H2,1H3/t17-/m0/s1. The predicted octanol–water partition coefficient (Wildman–Crippen LogP) is 3.15. The summed E-state index contributed by atoms with van der Waals surface area (Å²) in [5.41, 5.74) is 2.98. The van der Waals surface area contributed by atoms with Crippen LogP contribution >= 0.6 is 0 Å². The second-order valence-electron chi connectivity index (χ2n) is 7.87. The lowest BCUT2D eigenvalue weighted by Gasteiger charge is -2.32. The molecule has 158 valence electrons. The summed E-state index contributed by atoms with van der Waals surface area (Å²) in [5.74, 6) is 1.20. The van der Waals surface area contributed by atoms with Gasteiger partial charge in [0.1, 0.15) is 11.3 Å². The molecule has 1 saturated heterocycles. The molecule has 4 heterocycles. The number of fused-ring (bicyclic) bond motifs is 1. The second-order valence-corrected chi connectivity index (χ2v) is 7.87. The van der Waals surface area contributed by atoms with E-state index >= 15 is 0 Å². The van der Waals surface area contributed by atoms with E-state index < -0.39 is 0 Å². The Morgan fingerprint density at radius 2 is 2.06 bits per heavy atom. The first-order valence-electron chi connectivity index (χ1n) is 10.4. The van der Waals surface area contributed by atoms with Gasteiger partial charge in [0, 0.05) is 43.8 Å². The predicted molar refractivity (Wildman–Crippen MR) is 116 cm³/mol. The van der Waals surface area contributed by atoms with Gasteiger partial charge in [0.15, 0.2) is 5.65 Å². The largest absolute Gasteiger partial charge is 0.497 e. The van der Waals surface area contributed by atoms with Crippen molar-refractivity contribution in [1.82, 2.24) is 29.0 Å². The van der Waals surface area contributed by atoms with Crippen molar-refractivity contribution >= 4 is 11.6 Å². The molecule has 0 unspecified atom stereocenters. The zero-order valence-electron chi connectivity index (χ0n) is 17.4. The molecule has 5 rings (SSSR count). The van der Waals surface area contributed by atoms with Crippen LogP contribution in [-0.2, 0) is 6.54 Å². The number of carbonyl (C=O) groups is 1. The van der Waals surface area contributed by atoms with Crippen molar-refractivity contribution in [2.45, 2.75) is 19.4 Å². The Labute approximate surface area is 180 Å². The Balaban J connectivity index is 1.40. The Bertz CT molecular complexity index is 1180. The van der Waals surface area contributed by atoms with Crippen LogP contribution in [0.5, 0.6) is 5.75 Å². The van der Waals surface area contributed by atoms with E-state index in [1.54, 1.807) is 30.2 Å². The van der Waals surface area contributed by atoms with Gasteiger partial charge in [-0.15, -0.1) is 0 Å². The first kappa shape index (κ1) is 19.3. The minimum atomic E-state index is -0.00953. The van der Waals surface area contributed by atoms with Crippen molar-refractivity contribution in [2.24, 2.45) is 5.92 Å². The van der Waals surface area contributed by atoms with E-state index in [1.165, 1.54) is 0 Å². The van der Waals surface area contributed by atoms with Gasteiger partial charge in [-0.3, -0.25) is 4.79 Å². The molecule has 1 aliphatic heterocycles. The molecule has 31 heavy (non-hydrogen) atoms. The van der Waals surface area contributed by atoms with Gasteiger partial charge in [-0.05, 0) is 49.1 Å². The van der Waals surface area contributed by atoms with Crippen molar-refractivity contribution in [3.63, 3.8) is 0 Å². The van der Waals surface area contributed by atoms with Gasteiger partial charge >= 0.3 is 0 Å². The molecule has 1 fully saturated rings. The molecule has 1 aliphatic rings. The number of benzene rings is 1. The number of imidazole rings is 1. The molecule has 0 aliphatic carbocycles. The SMILES string of the molecule is COc1ccc(-c2ccnc3c(C(=O)N4CCC[C@@H](Cn5ccnc5)C4)cnn23)cc1. The molecule has 0 bridgehead atoms. The van der Waals surface area contributed by atoms with Gasteiger partial charge in [0.25, 0.3) is 5.91 Å². The van der Waals surface area contributed by atoms with Crippen molar-refractivity contribution in [2.75, 3.05) is 20.2 Å². The molecular weight excluding hydrogens is 392 g/mol. The molecule has 0 saturated carbocycles. The molecule has 0 spiro atoms. The summed E-state index contributed by atoms with van der Waals surface area (Å²) in [6.45, 7) is 2.36. The van der Waals surface area contributed by atoms with E-state index in [2.05, 4.69) is 19.6 Å². The highest BCUT2D eigenvalue weighted by molar-refractivity contribution is 6.00. The number of amides is 1. The second kappa shape index (κ2) is 8.22. The highest BCUT2D eigenvalue weighted by Gasteiger charge is 2.27. The number of likely N-dealkylation sites (tertiary alicyclic amines) is 1. The van der Waals surface area contributed by atoms with Crippen LogP contribution in [0.1, 0.15) is 23.2 Å². The third kappa shape index (κ3) is 3.76. The number of nitrogens with zero attached hydrogens (tertiary/aromatic N) is 6. The summed E-state index contributed by atoms with van der Waals surface area (Å²) in [6, 6.07) is 9.67. The Hall–Kier alpha value is -3.68. The summed E-state index contributed by atoms with van der Waals surface area (Å²) in [7, 11) is 1.64. The van der Waals surface area contributed by atoms with Gasteiger partial charge in [-0.1, -0.05) is 0 Å². The van der Waals surface area contributed by atoms with Gasteiger partial charge in [0.2, 0.25) is 0 Å². The van der Waals surface area contributed by atoms with Crippen molar-refractivity contribution in [3.05, 3.63) is 67.0 Å². The third-order valence-electron chi connectivity index (χ3n) is 5.85. The fraction of sp³-hybridized carbons (Fsp3) is 0.304. The number of methoxy groups -OCH3 is 1. The maximum absolute atomic E-state index is 13.4. The van der Waals surface area contributed by atoms with Crippen LogP contribution in [0, 0.1) is 5.92 Å². The summed E-state index contributed by atoms with van der Waals surface area (Å²) in [6.07, 6.45) is 11.1. The third-order valence-corrected chi connectivity index (χ3v) is 5.85. The maximum atomic E-state index is 13.4.